The molecule has 0 aliphatic carbocycles. The summed E-state index contributed by atoms with van der Waals surface area (Å²) in [5, 5.41) is 3.74. The molecular formula is C19H14Cl2INO2. The third-order valence-corrected chi connectivity index (χ3v) is 5.23. The molecule has 3 nitrogen and oxygen atoms in total. The Balaban J connectivity index is 1.85. The van der Waals surface area contributed by atoms with Crippen LogP contribution in [-0.4, -0.2) is 5.91 Å². The molecule has 3 aromatic rings. The zero-order valence-corrected chi connectivity index (χ0v) is 16.9. The minimum Gasteiger partial charge on any atom is -0.451 e. The second kappa shape index (κ2) is 7.81. The van der Waals surface area contributed by atoms with Crippen molar-refractivity contribution in [1.29, 1.82) is 0 Å². The quantitative estimate of drug-likeness (QED) is 0.419. The predicted octanol–water partition coefficient (Wildman–Crippen LogP) is 6.67. The second-order valence-electron chi connectivity index (χ2n) is 5.37. The molecule has 0 spiro atoms. The molecule has 0 atom stereocenters. The van der Waals surface area contributed by atoms with E-state index in [9.17, 15) is 4.79 Å². The van der Waals surface area contributed by atoms with Gasteiger partial charge in [-0.25, -0.2) is 0 Å². The van der Waals surface area contributed by atoms with Gasteiger partial charge in [0.25, 0.3) is 5.91 Å². The van der Waals surface area contributed by atoms with E-state index in [2.05, 4.69) is 34.0 Å². The highest BCUT2D eigenvalue weighted by atomic mass is 127. The Morgan fingerprint density at radius 3 is 2.72 bits per heavy atom. The average molecular weight is 486 g/mol. The molecule has 6 heteroatoms. The number of nitrogens with one attached hydrogen (secondary N) is 1. The van der Waals surface area contributed by atoms with Crippen LogP contribution >= 0.6 is 45.8 Å². The van der Waals surface area contributed by atoms with Gasteiger partial charge in [-0.1, -0.05) is 36.2 Å². The molecule has 0 radical (unpaired) electrons. The molecule has 1 N–H and O–H groups in total. The summed E-state index contributed by atoms with van der Waals surface area (Å²) >= 11 is 14.5. The van der Waals surface area contributed by atoms with Crippen LogP contribution in [0.4, 0.5) is 5.69 Å². The second-order valence-corrected chi connectivity index (χ2v) is 7.41. The summed E-state index contributed by atoms with van der Waals surface area (Å²) in [4.78, 5) is 12.5. The smallest absolute Gasteiger partial charge is 0.291 e. The Kier molecular flexibility index (Phi) is 5.71. The Hall–Kier alpha value is -1.50. The fourth-order valence-electron chi connectivity index (χ4n) is 2.46. The van der Waals surface area contributed by atoms with Crippen molar-refractivity contribution in [2.75, 3.05) is 5.32 Å². The molecule has 0 bridgehead atoms. The third-order valence-electron chi connectivity index (χ3n) is 3.74. The zero-order valence-electron chi connectivity index (χ0n) is 13.3. The van der Waals surface area contributed by atoms with Gasteiger partial charge in [-0.05, 0) is 77.0 Å². The van der Waals surface area contributed by atoms with Crippen LogP contribution in [0.15, 0.2) is 52.9 Å². The number of benzene rings is 2. The van der Waals surface area contributed by atoms with E-state index in [1.54, 1.807) is 30.3 Å². The zero-order chi connectivity index (χ0) is 18.0. The highest BCUT2D eigenvalue weighted by molar-refractivity contribution is 14.1. The number of rotatable bonds is 4. The molecular weight excluding hydrogens is 472 g/mol. The summed E-state index contributed by atoms with van der Waals surface area (Å²) in [5.74, 6) is 0.405. The van der Waals surface area contributed by atoms with Crippen molar-refractivity contribution >= 4 is 57.4 Å². The number of amides is 1. The molecule has 128 valence electrons. The van der Waals surface area contributed by atoms with E-state index in [1.807, 2.05) is 19.1 Å². The maximum absolute atomic E-state index is 12.5. The largest absolute Gasteiger partial charge is 0.451 e. The normalized spacial score (nSPS) is 10.7. The van der Waals surface area contributed by atoms with Crippen LogP contribution in [-0.2, 0) is 6.42 Å². The first kappa shape index (κ1) is 18.3. The number of hydrogen-bond acceptors (Lipinski definition) is 2. The van der Waals surface area contributed by atoms with Crippen molar-refractivity contribution in [2.24, 2.45) is 0 Å². The molecule has 1 aromatic heterocycles. The third kappa shape index (κ3) is 4.02. The van der Waals surface area contributed by atoms with Crippen molar-refractivity contribution in [3.63, 3.8) is 0 Å². The SMILES string of the molecule is CCc1cc(I)ccc1NC(=O)c1ccc(-c2cccc(Cl)c2Cl)o1. The minimum atomic E-state index is -0.305. The molecule has 0 saturated carbocycles. The molecule has 0 aliphatic heterocycles. The van der Waals surface area contributed by atoms with E-state index in [4.69, 9.17) is 27.6 Å². The summed E-state index contributed by atoms with van der Waals surface area (Å²) in [7, 11) is 0. The lowest BCUT2D eigenvalue weighted by Crippen LogP contribution is -2.12. The number of carbonyl (C=O) groups is 1. The van der Waals surface area contributed by atoms with Gasteiger partial charge in [0.15, 0.2) is 5.76 Å². The van der Waals surface area contributed by atoms with Crippen LogP contribution in [0.3, 0.4) is 0 Å². The van der Waals surface area contributed by atoms with Crippen molar-refractivity contribution < 1.29 is 9.21 Å². The van der Waals surface area contributed by atoms with E-state index < -0.39 is 0 Å². The van der Waals surface area contributed by atoms with Gasteiger partial charge in [0.05, 0.1) is 10.0 Å². The van der Waals surface area contributed by atoms with Crippen LogP contribution in [0.25, 0.3) is 11.3 Å². The van der Waals surface area contributed by atoms with E-state index in [0.717, 1.165) is 21.2 Å². The molecule has 1 heterocycles. The fraction of sp³-hybridized carbons (Fsp3) is 0.105. The van der Waals surface area contributed by atoms with Gasteiger partial charge in [0.2, 0.25) is 0 Å². The van der Waals surface area contributed by atoms with Gasteiger partial charge in [-0.3, -0.25) is 4.79 Å². The number of anilines is 1. The molecule has 0 saturated heterocycles. The number of halogens is 3. The highest BCUT2D eigenvalue weighted by Crippen LogP contribution is 2.34. The Labute approximate surface area is 169 Å². The van der Waals surface area contributed by atoms with Gasteiger partial charge in [-0.2, -0.15) is 0 Å². The molecule has 0 fully saturated rings. The Morgan fingerprint density at radius 2 is 1.96 bits per heavy atom. The summed E-state index contributed by atoms with van der Waals surface area (Å²) in [5.41, 5.74) is 2.51. The van der Waals surface area contributed by atoms with E-state index in [0.29, 0.717) is 21.4 Å². The maximum Gasteiger partial charge on any atom is 0.291 e. The van der Waals surface area contributed by atoms with Crippen molar-refractivity contribution in [1.82, 2.24) is 0 Å². The Morgan fingerprint density at radius 1 is 1.16 bits per heavy atom. The van der Waals surface area contributed by atoms with Gasteiger partial charge in [0.1, 0.15) is 5.76 Å². The summed E-state index contributed by atoms with van der Waals surface area (Å²) in [6, 6.07) is 14.5. The van der Waals surface area contributed by atoms with Gasteiger partial charge >= 0.3 is 0 Å². The monoisotopic (exact) mass is 485 g/mol. The number of carbonyl (C=O) groups excluding carboxylic acids is 1. The first-order valence-corrected chi connectivity index (χ1v) is 9.47. The number of furan rings is 1. The summed E-state index contributed by atoms with van der Waals surface area (Å²) < 4.78 is 6.81. The van der Waals surface area contributed by atoms with E-state index in [1.165, 1.54) is 0 Å². The van der Waals surface area contributed by atoms with Gasteiger partial charge in [0, 0.05) is 14.8 Å². The number of aryl methyl sites for hydroxylation is 1. The van der Waals surface area contributed by atoms with Crippen molar-refractivity contribution in [3.05, 3.63) is 73.5 Å². The van der Waals surface area contributed by atoms with Crippen LogP contribution in [0.2, 0.25) is 10.0 Å². The minimum absolute atomic E-state index is 0.214. The van der Waals surface area contributed by atoms with Crippen LogP contribution < -0.4 is 5.32 Å². The first-order chi connectivity index (χ1) is 12.0. The average Bonchev–Trinajstić information content (AvgIpc) is 3.08. The van der Waals surface area contributed by atoms with Crippen LogP contribution in [0, 0.1) is 3.57 Å². The molecule has 25 heavy (non-hydrogen) atoms. The molecule has 0 unspecified atom stereocenters. The topological polar surface area (TPSA) is 42.2 Å². The maximum atomic E-state index is 12.5. The van der Waals surface area contributed by atoms with E-state index in [-0.39, 0.29) is 11.7 Å². The highest BCUT2D eigenvalue weighted by Gasteiger charge is 2.16. The summed E-state index contributed by atoms with van der Waals surface area (Å²) in [6.45, 7) is 2.05. The molecule has 3 rings (SSSR count). The van der Waals surface area contributed by atoms with Gasteiger partial charge < -0.3 is 9.73 Å². The lowest BCUT2D eigenvalue weighted by molar-refractivity contribution is 0.0997. The van der Waals surface area contributed by atoms with E-state index >= 15 is 0 Å². The van der Waals surface area contributed by atoms with Crippen LogP contribution in [0.5, 0.6) is 0 Å². The predicted molar refractivity (Wildman–Crippen MR) is 111 cm³/mol. The Bertz CT molecular complexity index is 937. The lowest BCUT2D eigenvalue weighted by Gasteiger charge is -2.09. The first-order valence-electron chi connectivity index (χ1n) is 7.63. The fourth-order valence-corrected chi connectivity index (χ4v) is 3.41. The molecule has 0 aliphatic rings. The van der Waals surface area contributed by atoms with Crippen molar-refractivity contribution in [2.45, 2.75) is 13.3 Å². The standard InChI is InChI=1S/C19H14Cl2INO2/c1-2-11-10-12(22)6-7-15(11)23-19(24)17-9-8-16(25-17)13-4-3-5-14(20)18(13)21/h3-10H,2H2,1H3,(H,23,24). The van der Waals surface area contributed by atoms with Gasteiger partial charge in [-0.15, -0.1) is 0 Å². The number of hydrogen-bond donors (Lipinski definition) is 1. The van der Waals surface area contributed by atoms with Crippen molar-refractivity contribution in [3.8, 4) is 11.3 Å². The lowest BCUT2D eigenvalue weighted by atomic mass is 10.1. The molecule has 1 amide bonds. The van der Waals surface area contributed by atoms with Crippen LogP contribution in [0.1, 0.15) is 23.0 Å². The summed E-state index contributed by atoms with van der Waals surface area (Å²) in [6.07, 6.45) is 0.827. The molecule has 2 aromatic carbocycles.